The van der Waals surface area contributed by atoms with Gasteiger partial charge in [-0.05, 0) is 89.4 Å². The van der Waals surface area contributed by atoms with Gasteiger partial charge < -0.3 is 15.7 Å². The number of hydrogen-bond donors (Lipinski definition) is 3. The minimum Gasteiger partial charge on any atom is -0.390 e. The molecular formula is C29H41N5O2. The van der Waals surface area contributed by atoms with Crippen LogP contribution in [0.25, 0.3) is 5.57 Å². The van der Waals surface area contributed by atoms with Crippen molar-refractivity contribution in [1.29, 1.82) is 0 Å². The SMILES string of the molecule is C=C(c1ccccc1C(CC)CC(C)(C)O)c1ncnc(C)c1/N=C(\C)C(=O)NCC1CCNCC1. The van der Waals surface area contributed by atoms with Crippen LogP contribution >= 0.6 is 0 Å². The summed E-state index contributed by atoms with van der Waals surface area (Å²) in [5.74, 6) is 0.479. The van der Waals surface area contributed by atoms with E-state index in [2.05, 4.69) is 45.2 Å². The summed E-state index contributed by atoms with van der Waals surface area (Å²) in [6, 6.07) is 8.13. The van der Waals surface area contributed by atoms with Gasteiger partial charge in [0.15, 0.2) is 0 Å². The van der Waals surface area contributed by atoms with Crippen LogP contribution in [-0.2, 0) is 4.79 Å². The summed E-state index contributed by atoms with van der Waals surface area (Å²) in [7, 11) is 0. The molecule has 3 N–H and O–H groups in total. The monoisotopic (exact) mass is 491 g/mol. The third kappa shape index (κ3) is 7.31. The van der Waals surface area contributed by atoms with E-state index in [0.29, 0.717) is 41.7 Å². The molecule has 1 amide bonds. The normalized spacial score (nSPS) is 16.0. The van der Waals surface area contributed by atoms with Gasteiger partial charge in [-0.15, -0.1) is 0 Å². The van der Waals surface area contributed by atoms with Gasteiger partial charge in [-0.25, -0.2) is 15.0 Å². The molecule has 3 rings (SSSR count). The summed E-state index contributed by atoms with van der Waals surface area (Å²) in [4.78, 5) is 26.4. The number of carbonyl (C=O) groups is 1. The molecule has 1 aliphatic heterocycles. The number of nitrogens with one attached hydrogen (secondary N) is 2. The second-order valence-electron chi connectivity index (χ2n) is 10.4. The number of aliphatic imine (C=N–C) groups is 1. The van der Waals surface area contributed by atoms with Gasteiger partial charge in [-0.2, -0.15) is 0 Å². The van der Waals surface area contributed by atoms with Crippen molar-refractivity contribution in [3.05, 3.63) is 59.7 Å². The van der Waals surface area contributed by atoms with E-state index in [1.165, 1.54) is 6.33 Å². The number of rotatable bonds is 10. The minimum absolute atomic E-state index is 0.162. The summed E-state index contributed by atoms with van der Waals surface area (Å²) in [5.41, 5.74) is 4.26. The average molecular weight is 492 g/mol. The van der Waals surface area contributed by atoms with E-state index < -0.39 is 5.60 Å². The molecule has 1 aliphatic rings. The van der Waals surface area contributed by atoms with Crippen LogP contribution in [0.5, 0.6) is 0 Å². The molecule has 36 heavy (non-hydrogen) atoms. The molecule has 0 radical (unpaired) electrons. The first kappa shape index (κ1) is 27.7. The quantitative estimate of drug-likeness (QED) is 0.418. The Morgan fingerprint density at radius 2 is 1.97 bits per heavy atom. The Labute approximate surface area is 215 Å². The lowest BCUT2D eigenvalue weighted by Crippen LogP contribution is -2.38. The van der Waals surface area contributed by atoms with Crippen LogP contribution in [0.3, 0.4) is 0 Å². The van der Waals surface area contributed by atoms with Gasteiger partial charge in [0.2, 0.25) is 0 Å². The fraction of sp³-hybridized carbons (Fsp3) is 0.517. The molecule has 1 unspecified atom stereocenters. The fourth-order valence-electron chi connectivity index (χ4n) is 4.82. The zero-order valence-electron chi connectivity index (χ0n) is 22.4. The summed E-state index contributed by atoms with van der Waals surface area (Å²) in [6.07, 6.45) is 5.17. The highest BCUT2D eigenvalue weighted by Gasteiger charge is 2.24. The van der Waals surface area contributed by atoms with E-state index in [1.54, 1.807) is 6.92 Å². The highest BCUT2D eigenvalue weighted by Crippen LogP contribution is 2.37. The van der Waals surface area contributed by atoms with Crippen molar-refractivity contribution in [3.63, 3.8) is 0 Å². The number of aryl methyl sites for hydroxylation is 1. The molecule has 1 saturated heterocycles. The molecule has 0 saturated carbocycles. The van der Waals surface area contributed by atoms with Crippen molar-refractivity contribution < 1.29 is 9.90 Å². The minimum atomic E-state index is -0.783. The molecule has 1 aromatic carbocycles. The maximum Gasteiger partial charge on any atom is 0.265 e. The summed E-state index contributed by atoms with van der Waals surface area (Å²) < 4.78 is 0. The number of nitrogens with zero attached hydrogens (tertiary/aromatic N) is 3. The van der Waals surface area contributed by atoms with E-state index in [9.17, 15) is 9.90 Å². The molecule has 7 nitrogen and oxygen atoms in total. The molecule has 2 aromatic rings. The van der Waals surface area contributed by atoms with Crippen molar-refractivity contribution in [2.75, 3.05) is 19.6 Å². The van der Waals surface area contributed by atoms with E-state index in [0.717, 1.165) is 49.1 Å². The largest absolute Gasteiger partial charge is 0.390 e. The Kier molecular flexibility index (Phi) is 9.51. The van der Waals surface area contributed by atoms with Gasteiger partial charge >= 0.3 is 0 Å². The Morgan fingerprint density at radius 1 is 1.28 bits per heavy atom. The lowest BCUT2D eigenvalue weighted by molar-refractivity contribution is -0.115. The summed E-state index contributed by atoms with van der Waals surface area (Å²) >= 11 is 0. The number of aromatic nitrogens is 2. The van der Waals surface area contributed by atoms with Crippen molar-refractivity contribution in [2.24, 2.45) is 10.9 Å². The van der Waals surface area contributed by atoms with Crippen molar-refractivity contribution >= 4 is 22.9 Å². The molecule has 1 aromatic heterocycles. The predicted molar refractivity (Wildman–Crippen MR) is 147 cm³/mol. The van der Waals surface area contributed by atoms with Crippen LogP contribution in [0.1, 0.15) is 81.8 Å². The first-order valence-electron chi connectivity index (χ1n) is 13.0. The number of piperidine rings is 1. The standard InChI is InChI=1S/C29H41N5O2/c1-7-23(16-29(5,6)36)25-11-9-8-10-24(25)19(2)26-27(20(3)32-18-33-26)34-21(4)28(35)31-17-22-12-14-30-15-13-22/h8-11,18,22-23,30,36H,2,7,12-17H2,1,3-6H3,(H,31,35)/b34-21+. The van der Waals surface area contributed by atoms with Crippen molar-refractivity contribution in [3.8, 4) is 0 Å². The van der Waals surface area contributed by atoms with Crippen molar-refractivity contribution in [2.45, 2.75) is 71.8 Å². The van der Waals surface area contributed by atoms with Crippen LogP contribution < -0.4 is 10.6 Å². The zero-order valence-corrected chi connectivity index (χ0v) is 22.4. The molecule has 1 fully saturated rings. The Bertz CT molecular complexity index is 1100. The predicted octanol–water partition coefficient (Wildman–Crippen LogP) is 4.71. The molecule has 194 valence electrons. The van der Waals surface area contributed by atoms with E-state index >= 15 is 0 Å². The number of amides is 1. The van der Waals surface area contributed by atoms with E-state index in [4.69, 9.17) is 0 Å². The first-order chi connectivity index (χ1) is 17.1. The Balaban J connectivity index is 1.89. The molecule has 0 aliphatic carbocycles. The van der Waals surface area contributed by atoms with Gasteiger partial charge in [0.25, 0.3) is 5.91 Å². The highest BCUT2D eigenvalue weighted by molar-refractivity contribution is 6.38. The van der Waals surface area contributed by atoms with Crippen LogP contribution in [0.2, 0.25) is 0 Å². The molecule has 2 heterocycles. The molecule has 0 spiro atoms. The maximum atomic E-state index is 12.8. The van der Waals surface area contributed by atoms with Crippen molar-refractivity contribution in [1.82, 2.24) is 20.6 Å². The topological polar surface area (TPSA) is 99.5 Å². The second kappa shape index (κ2) is 12.4. The Hall–Kier alpha value is -2.90. The van der Waals surface area contributed by atoms with Crippen LogP contribution in [0.15, 0.2) is 42.2 Å². The zero-order chi connectivity index (χ0) is 26.3. The van der Waals surface area contributed by atoms with Crippen LogP contribution in [0, 0.1) is 12.8 Å². The van der Waals surface area contributed by atoms with Crippen LogP contribution in [-0.4, -0.2) is 51.9 Å². The van der Waals surface area contributed by atoms with Crippen LogP contribution in [0.4, 0.5) is 5.69 Å². The first-order valence-corrected chi connectivity index (χ1v) is 13.0. The fourth-order valence-corrected chi connectivity index (χ4v) is 4.82. The third-order valence-corrected chi connectivity index (χ3v) is 6.87. The third-order valence-electron chi connectivity index (χ3n) is 6.87. The smallest absolute Gasteiger partial charge is 0.265 e. The molecule has 1 atom stereocenters. The average Bonchev–Trinajstić information content (AvgIpc) is 2.86. The number of benzene rings is 1. The van der Waals surface area contributed by atoms with E-state index in [-0.39, 0.29) is 11.8 Å². The van der Waals surface area contributed by atoms with Gasteiger partial charge in [0, 0.05) is 12.1 Å². The number of carbonyl (C=O) groups excluding carboxylic acids is 1. The molecular weight excluding hydrogens is 450 g/mol. The Morgan fingerprint density at radius 3 is 2.64 bits per heavy atom. The lowest BCUT2D eigenvalue weighted by atomic mass is 9.82. The van der Waals surface area contributed by atoms with Gasteiger partial charge in [-0.3, -0.25) is 4.79 Å². The van der Waals surface area contributed by atoms with Gasteiger partial charge in [0.05, 0.1) is 17.0 Å². The van der Waals surface area contributed by atoms with E-state index in [1.807, 2.05) is 39.0 Å². The number of aliphatic hydroxyl groups is 1. The highest BCUT2D eigenvalue weighted by atomic mass is 16.3. The summed E-state index contributed by atoms with van der Waals surface area (Å²) in [5, 5.41) is 16.9. The molecule has 7 heteroatoms. The van der Waals surface area contributed by atoms with Gasteiger partial charge in [-0.1, -0.05) is 37.8 Å². The van der Waals surface area contributed by atoms with Gasteiger partial charge in [0.1, 0.15) is 17.7 Å². The summed E-state index contributed by atoms with van der Waals surface area (Å²) in [6.45, 7) is 16.4. The maximum absolute atomic E-state index is 12.8. The molecule has 0 bridgehead atoms. The number of hydrogen-bond acceptors (Lipinski definition) is 6. The second-order valence-corrected chi connectivity index (χ2v) is 10.4. The lowest BCUT2D eigenvalue weighted by Gasteiger charge is -2.26.